The Kier molecular flexibility index (Phi) is 9.69. The standard InChI is InChI=1S/C17H39N3/c1-13(2)9-10-17(20-16(7)8,11-18-14(3)4)12-19-15(5)6/h13-16,18-20H,9-12H2,1-8H3. The van der Waals surface area contributed by atoms with Gasteiger partial charge < -0.3 is 16.0 Å². The molecule has 0 amide bonds. The van der Waals surface area contributed by atoms with E-state index >= 15 is 0 Å². The fraction of sp³-hybridized carbons (Fsp3) is 1.00. The largest absolute Gasteiger partial charge is 0.313 e. The SMILES string of the molecule is CC(C)CCC(CNC(C)C)(CNC(C)C)NC(C)C. The van der Waals surface area contributed by atoms with Crippen molar-refractivity contribution >= 4 is 0 Å². The van der Waals surface area contributed by atoms with Crippen LogP contribution in [0.15, 0.2) is 0 Å². The van der Waals surface area contributed by atoms with Crippen LogP contribution in [-0.2, 0) is 0 Å². The van der Waals surface area contributed by atoms with E-state index in [-0.39, 0.29) is 5.54 Å². The second-order valence-corrected chi connectivity index (χ2v) is 7.58. The molecule has 20 heavy (non-hydrogen) atoms. The molecule has 0 aromatic carbocycles. The van der Waals surface area contributed by atoms with E-state index in [1.54, 1.807) is 0 Å². The second kappa shape index (κ2) is 9.75. The highest BCUT2D eigenvalue weighted by Gasteiger charge is 2.30. The van der Waals surface area contributed by atoms with Crippen molar-refractivity contribution in [3.8, 4) is 0 Å². The Morgan fingerprint density at radius 3 is 1.45 bits per heavy atom. The van der Waals surface area contributed by atoms with Crippen LogP contribution in [0.25, 0.3) is 0 Å². The van der Waals surface area contributed by atoms with Gasteiger partial charge in [0.25, 0.3) is 0 Å². The highest BCUT2D eigenvalue weighted by atomic mass is 15.1. The van der Waals surface area contributed by atoms with Gasteiger partial charge >= 0.3 is 0 Å². The lowest BCUT2D eigenvalue weighted by Gasteiger charge is -2.39. The van der Waals surface area contributed by atoms with Gasteiger partial charge in [-0.15, -0.1) is 0 Å². The van der Waals surface area contributed by atoms with Crippen molar-refractivity contribution in [2.24, 2.45) is 5.92 Å². The van der Waals surface area contributed by atoms with Crippen molar-refractivity contribution < 1.29 is 0 Å². The van der Waals surface area contributed by atoms with E-state index in [1.165, 1.54) is 12.8 Å². The predicted molar refractivity (Wildman–Crippen MR) is 91.4 cm³/mol. The van der Waals surface area contributed by atoms with Gasteiger partial charge in [0.2, 0.25) is 0 Å². The van der Waals surface area contributed by atoms with Gasteiger partial charge in [-0.1, -0.05) is 55.4 Å². The van der Waals surface area contributed by atoms with E-state index in [0.29, 0.717) is 18.1 Å². The molecular weight excluding hydrogens is 246 g/mol. The topological polar surface area (TPSA) is 36.1 Å². The first kappa shape index (κ1) is 19.9. The van der Waals surface area contributed by atoms with Gasteiger partial charge in [0.05, 0.1) is 0 Å². The summed E-state index contributed by atoms with van der Waals surface area (Å²) in [6.45, 7) is 20.0. The second-order valence-electron chi connectivity index (χ2n) is 7.58. The Bertz CT molecular complexity index is 203. The van der Waals surface area contributed by atoms with Crippen molar-refractivity contribution in [1.82, 2.24) is 16.0 Å². The summed E-state index contributed by atoms with van der Waals surface area (Å²) < 4.78 is 0. The average Bonchev–Trinajstić information content (AvgIpc) is 2.30. The molecule has 0 spiro atoms. The molecule has 3 heteroatoms. The molecule has 0 aliphatic carbocycles. The van der Waals surface area contributed by atoms with Crippen LogP contribution < -0.4 is 16.0 Å². The quantitative estimate of drug-likeness (QED) is 0.546. The highest BCUT2D eigenvalue weighted by Crippen LogP contribution is 2.18. The smallest absolute Gasteiger partial charge is 0.0434 e. The lowest BCUT2D eigenvalue weighted by atomic mass is 9.88. The van der Waals surface area contributed by atoms with Crippen LogP contribution in [-0.4, -0.2) is 36.8 Å². The van der Waals surface area contributed by atoms with Crippen molar-refractivity contribution in [2.45, 2.75) is 91.9 Å². The Balaban J connectivity index is 4.84. The Labute approximate surface area is 127 Å². The summed E-state index contributed by atoms with van der Waals surface area (Å²) >= 11 is 0. The summed E-state index contributed by atoms with van der Waals surface area (Å²) in [4.78, 5) is 0. The summed E-state index contributed by atoms with van der Waals surface area (Å²) in [6, 6.07) is 1.56. The zero-order valence-corrected chi connectivity index (χ0v) is 15.1. The van der Waals surface area contributed by atoms with Gasteiger partial charge in [0.1, 0.15) is 0 Å². The molecule has 0 unspecified atom stereocenters. The summed E-state index contributed by atoms with van der Waals surface area (Å²) in [5.74, 6) is 0.751. The minimum Gasteiger partial charge on any atom is -0.313 e. The first-order valence-corrected chi connectivity index (χ1v) is 8.41. The van der Waals surface area contributed by atoms with Crippen LogP contribution in [0.5, 0.6) is 0 Å². The van der Waals surface area contributed by atoms with Gasteiger partial charge in [-0.25, -0.2) is 0 Å². The maximum absolute atomic E-state index is 3.83. The maximum Gasteiger partial charge on any atom is 0.0434 e. The minimum atomic E-state index is 0.146. The molecule has 0 aliphatic rings. The van der Waals surface area contributed by atoms with Gasteiger partial charge in [-0.05, 0) is 18.8 Å². The molecule has 0 heterocycles. The summed E-state index contributed by atoms with van der Waals surface area (Å²) in [6.07, 6.45) is 2.47. The monoisotopic (exact) mass is 285 g/mol. The van der Waals surface area contributed by atoms with Crippen molar-refractivity contribution in [3.63, 3.8) is 0 Å². The summed E-state index contributed by atoms with van der Waals surface area (Å²) in [7, 11) is 0. The lowest BCUT2D eigenvalue weighted by molar-refractivity contribution is 0.230. The van der Waals surface area contributed by atoms with E-state index in [4.69, 9.17) is 0 Å². The van der Waals surface area contributed by atoms with Crippen molar-refractivity contribution in [1.29, 1.82) is 0 Å². The molecule has 3 N–H and O–H groups in total. The number of rotatable bonds is 11. The Morgan fingerprint density at radius 1 is 0.700 bits per heavy atom. The molecular formula is C17H39N3. The van der Waals surface area contributed by atoms with Gasteiger partial charge in [0.15, 0.2) is 0 Å². The Hall–Kier alpha value is -0.120. The van der Waals surface area contributed by atoms with Gasteiger partial charge in [0, 0.05) is 36.8 Å². The molecule has 0 atom stereocenters. The van der Waals surface area contributed by atoms with Gasteiger partial charge in [-0.3, -0.25) is 0 Å². The van der Waals surface area contributed by atoms with Crippen molar-refractivity contribution in [2.75, 3.05) is 13.1 Å². The minimum absolute atomic E-state index is 0.146. The van der Waals surface area contributed by atoms with Crippen LogP contribution in [0.4, 0.5) is 0 Å². The normalized spacial score (nSPS) is 13.2. The summed E-state index contributed by atoms with van der Waals surface area (Å²) in [5, 5.41) is 11.1. The zero-order valence-electron chi connectivity index (χ0n) is 15.1. The third kappa shape index (κ3) is 9.73. The first-order chi connectivity index (χ1) is 9.17. The average molecular weight is 286 g/mol. The van der Waals surface area contributed by atoms with E-state index in [0.717, 1.165) is 19.0 Å². The van der Waals surface area contributed by atoms with Crippen LogP contribution in [0, 0.1) is 5.92 Å². The first-order valence-electron chi connectivity index (χ1n) is 8.41. The molecule has 0 fully saturated rings. The van der Waals surface area contributed by atoms with E-state index < -0.39 is 0 Å². The van der Waals surface area contributed by atoms with Crippen LogP contribution >= 0.6 is 0 Å². The molecule has 0 bridgehead atoms. The summed E-state index contributed by atoms with van der Waals surface area (Å²) in [5.41, 5.74) is 0.146. The van der Waals surface area contributed by atoms with E-state index in [2.05, 4.69) is 71.3 Å². The molecule has 0 aromatic heterocycles. The molecule has 122 valence electrons. The molecule has 3 nitrogen and oxygen atoms in total. The molecule has 0 rings (SSSR count). The molecule has 0 aromatic rings. The molecule has 0 aliphatic heterocycles. The van der Waals surface area contributed by atoms with Crippen LogP contribution in [0.2, 0.25) is 0 Å². The predicted octanol–water partition coefficient (Wildman–Crippen LogP) is 3.16. The Morgan fingerprint density at radius 2 is 1.15 bits per heavy atom. The highest BCUT2D eigenvalue weighted by molar-refractivity contribution is 4.94. The number of hydrogen-bond acceptors (Lipinski definition) is 3. The van der Waals surface area contributed by atoms with Crippen LogP contribution in [0.3, 0.4) is 0 Å². The number of hydrogen-bond donors (Lipinski definition) is 3. The third-order valence-electron chi connectivity index (χ3n) is 3.49. The lowest BCUT2D eigenvalue weighted by Crippen LogP contribution is -2.61. The van der Waals surface area contributed by atoms with Crippen LogP contribution in [0.1, 0.15) is 68.2 Å². The van der Waals surface area contributed by atoms with E-state index in [9.17, 15) is 0 Å². The fourth-order valence-electron chi connectivity index (χ4n) is 2.39. The molecule has 0 saturated heterocycles. The van der Waals surface area contributed by atoms with E-state index in [1.807, 2.05) is 0 Å². The molecule has 0 saturated carbocycles. The third-order valence-corrected chi connectivity index (χ3v) is 3.49. The van der Waals surface area contributed by atoms with Crippen molar-refractivity contribution in [3.05, 3.63) is 0 Å². The fourth-order valence-corrected chi connectivity index (χ4v) is 2.39. The van der Waals surface area contributed by atoms with Gasteiger partial charge in [-0.2, -0.15) is 0 Å². The molecule has 0 radical (unpaired) electrons. The zero-order chi connectivity index (χ0) is 15.8. The maximum atomic E-state index is 3.83. The number of nitrogens with one attached hydrogen (secondary N) is 3.